The van der Waals surface area contributed by atoms with Crippen LogP contribution in [0.5, 0.6) is 0 Å². The van der Waals surface area contributed by atoms with E-state index in [1.54, 1.807) is 0 Å². The monoisotopic (exact) mass is 299 g/mol. The summed E-state index contributed by atoms with van der Waals surface area (Å²) in [5.74, 6) is 0.00909. The average molecular weight is 300 g/mol. The largest absolute Gasteiger partial charge is 0.384 e. The zero-order valence-corrected chi connectivity index (χ0v) is 12.5. The molecule has 1 heterocycles. The molecule has 1 aliphatic heterocycles. The molecule has 0 radical (unpaired) electrons. The van der Waals surface area contributed by atoms with E-state index in [0.29, 0.717) is 10.6 Å². The zero-order valence-electron chi connectivity index (χ0n) is 11.8. The van der Waals surface area contributed by atoms with Crippen LogP contribution in [0.3, 0.4) is 0 Å². The molecule has 0 bridgehead atoms. The maximum atomic E-state index is 7.49. The summed E-state index contributed by atoms with van der Waals surface area (Å²) >= 11 is 6.23. The van der Waals surface area contributed by atoms with Crippen LogP contribution in [0.2, 0.25) is 5.02 Å². The number of hydrogen-bond acceptors (Lipinski definition) is 2. The minimum Gasteiger partial charge on any atom is -0.384 e. The second-order valence-corrected chi connectivity index (χ2v) is 5.74. The Balaban J connectivity index is 1.83. The number of nitrogens with two attached hydrogens (primary N) is 1. The summed E-state index contributed by atoms with van der Waals surface area (Å²) in [6.07, 6.45) is 2.09. The molecule has 4 heteroatoms. The van der Waals surface area contributed by atoms with Gasteiger partial charge in [0, 0.05) is 24.3 Å². The Hall–Kier alpha value is -2.00. The smallest absolute Gasteiger partial charge is 0.124 e. The molecular formula is C17H18ClN3. The van der Waals surface area contributed by atoms with E-state index in [4.69, 9.17) is 22.7 Å². The number of anilines is 1. The number of rotatable bonds is 2. The summed E-state index contributed by atoms with van der Waals surface area (Å²) in [5.41, 5.74) is 10.1. The molecule has 0 fully saturated rings. The highest BCUT2D eigenvalue weighted by atomic mass is 35.5. The fraction of sp³-hybridized carbons (Fsp3) is 0.235. The van der Waals surface area contributed by atoms with Crippen molar-refractivity contribution in [2.75, 3.05) is 18.0 Å². The molecule has 2 aromatic carbocycles. The summed E-state index contributed by atoms with van der Waals surface area (Å²) < 4.78 is 0. The van der Waals surface area contributed by atoms with E-state index in [-0.39, 0.29) is 5.84 Å². The molecular weight excluding hydrogens is 282 g/mol. The first kappa shape index (κ1) is 14.0. The van der Waals surface area contributed by atoms with Gasteiger partial charge in [-0.3, -0.25) is 5.41 Å². The SMILES string of the molecule is N=C(N)c1ccc(N2CCc3ccccc3CC2)cc1Cl. The molecule has 0 saturated carbocycles. The van der Waals surface area contributed by atoms with Crippen molar-refractivity contribution in [3.8, 4) is 0 Å². The number of nitrogens with zero attached hydrogens (tertiary/aromatic N) is 1. The lowest BCUT2D eigenvalue weighted by Crippen LogP contribution is -2.26. The van der Waals surface area contributed by atoms with Crippen LogP contribution < -0.4 is 10.6 Å². The normalized spacial score (nSPS) is 14.4. The topological polar surface area (TPSA) is 53.1 Å². The molecule has 3 N–H and O–H groups in total. The number of hydrogen-bond donors (Lipinski definition) is 2. The standard InChI is InChI=1S/C17H18ClN3/c18-16-11-14(5-6-15(16)17(19)20)21-9-7-12-3-1-2-4-13(12)8-10-21/h1-6,11H,7-10H2,(H3,19,20). The Morgan fingerprint density at radius 1 is 1.05 bits per heavy atom. The van der Waals surface area contributed by atoms with E-state index in [2.05, 4.69) is 29.2 Å². The van der Waals surface area contributed by atoms with Crippen LogP contribution in [-0.4, -0.2) is 18.9 Å². The third kappa shape index (κ3) is 2.88. The predicted octanol–water partition coefficient (Wildman–Crippen LogP) is 3.23. The molecule has 2 aromatic rings. The zero-order chi connectivity index (χ0) is 14.8. The van der Waals surface area contributed by atoms with Crippen LogP contribution in [0.15, 0.2) is 42.5 Å². The minimum absolute atomic E-state index is 0.00909. The van der Waals surface area contributed by atoms with Crippen LogP contribution >= 0.6 is 11.6 Å². The van der Waals surface area contributed by atoms with Crippen molar-refractivity contribution >= 4 is 23.1 Å². The van der Waals surface area contributed by atoms with Crippen molar-refractivity contribution in [3.05, 3.63) is 64.2 Å². The molecule has 21 heavy (non-hydrogen) atoms. The van der Waals surface area contributed by atoms with Crippen molar-refractivity contribution in [2.45, 2.75) is 12.8 Å². The van der Waals surface area contributed by atoms with E-state index in [0.717, 1.165) is 31.6 Å². The molecule has 1 aliphatic rings. The summed E-state index contributed by atoms with van der Waals surface area (Å²) in [6.45, 7) is 1.96. The van der Waals surface area contributed by atoms with Crippen molar-refractivity contribution in [1.82, 2.24) is 0 Å². The number of nitrogens with one attached hydrogen (secondary N) is 1. The number of benzene rings is 2. The van der Waals surface area contributed by atoms with Gasteiger partial charge in [0.1, 0.15) is 5.84 Å². The number of amidine groups is 1. The minimum atomic E-state index is 0.00909. The van der Waals surface area contributed by atoms with Gasteiger partial charge >= 0.3 is 0 Å². The number of nitrogen functional groups attached to an aromatic ring is 1. The molecule has 108 valence electrons. The van der Waals surface area contributed by atoms with Gasteiger partial charge in [-0.1, -0.05) is 35.9 Å². The molecule has 3 nitrogen and oxygen atoms in total. The lowest BCUT2D eigenvalue weighted by atomic mass is 10.0. The van der Waals surface area contributed by atoms with Gasteiger partial charge in [-0.15, -0.1) is 0 Å². The van der Waals surface area contributed by atoms with Crippen molar-refractivity contribution in [2.24, 2.45) is 5.73 Å². The van der Waals surface area contributed by atoms with Gasteiger partial charge in [0.05, 0.1) is 5.02 Å². The summed E-state index contributed by atoms with van der Waals surface area (Å²) in [6, 6.07) is 14.4. The molecule has 0 aromatic heterocycles. The highest BCUT2D eigenvalue weighted by Crippen LogP contribution is 2.26. The second-order valence-electron chi connectivity index (χ2n) is 5.33. The molecule has 0 aliphatic carbocycles. The van der Waals surface area contributed by atoms with E-state index >= 15 is 0 Å². The quantitative estimate of drug-likeness (QED) is 0.661. The maximum Gasteiger partial charge on any atom is 0.124 e. The van der Waals surface area contributed by atoms with Gasteiger partial charge in [0.25, 0.3) is 0 Å². The Morgan fingerprint density at radius 2 is 1.67 bits per heavy atom. The van der Waals surface area contributed by atoms with Crippen LogP contribution in [0.4, 0.5) is 5.69 Å². The van der Waals surface area contributed by atoms with Crippen LogP contribution in [-0.2, 0) is 12.8 Å². The molecule has 3 rings (SSSR count). The first-order valence-corrected chi connectivity index (χ1v) is 7.48. The fourth-order valence-electron chi connectivity index (χ4n) is 2.85. The van der Waals surface area contributed by atoms with E-state index in [1.165, 1.54) is 11.1 Å². The van der Waals surface area contributed by atoms with Gasteiger partial charge in [-0.25, -0.2) is 0 Å². The summed E-state index contributed by atoms with van der Waals surface area (Å²) in [4.78, 5) is 2.34. The Bertz CT molecular complexity index is 654. The molecule has 0 unspecified atom stereocenters. The summed E-state index contributed by atoms with van der Waals surface area (Å²) in [5, 5.41) is 8.04. The van der Waals surface area contributed by atoms with Crippen LogP contribution in [0.25, 0.3) is 0 Å². The van der Waals surface area contributed by atoms with E-state index < -0.39 is 0 Å². The number of halogens is 1. The first-order valence-electron chi connectivity index (χ1n) is 7.11. The van der Waals surface area contributed by atoms with Gasteiger partial charge < -0.3 is 10.6 Å². The lowest BCUT2D eigenvalue weighted by molar-refractivity contribution is 0.806. The summed E-state index contributed by atoms with van der Waals surface area (Å²) in [7, 11) is 0. The highest BCUT2D eigenvalue weighted by molar-refractivity contribution is 6.34. The number of fused-ring (bicyclic) bond motifs is 1. The Morgan fingerprint density at radius 3 is 2.19 bits per heavy atom. The van der Waals surface area contributed by atoms with Gasteiger partial charge in [-0.05, 0) is 42.2 Å². The second kappa shape index (κ2) is 5.78. The van der Waals surface area contributed by atoms with Crippen molar-refractivity contribution in [1.29, 1.82) is 5.41 Å². The fourth-order valence-corrected chi connectivity index (χ4v) is 3.12. The lowest BCUT2D eigenvalue weighted by Gasteiger charge is -2.23. The maximum absolute atomic E-state index is 7.49. The molecule has 0 amide bonds. The molecule has 0 atom stereocenters. The first-order chi connectivity index (χ1) is 10.1. The predicted molar refractivity (Wildman–Crippen MR) is 88.5 cm³/mol. The highest BCUT2D eigenvalue weighted by Gasteiger charge is 2.15. The average Bonchev–Trinajstić information content (AvgIpc) is 2.69. The third-order valence-electron chi connectivity index (χ3n) is 4.03. The van der Waals surface area contributed by atoms with E-state index in [1.807, 2.05) is 18.2 Å². The van der Waals surface area contributed by atoms with Crippen LogP contribution in [0.1, 0.15) is 16.7 Å². The van der Waals surface area contributed by atoms with Gasteiger partial charge in [0.2, 0.25) is 0 Å². The van der Waals surface area contributed by atoms with Crippen molar-refractivity contribution < 1.29 is 0 Å². The molecule has 0 spiro atoms. The Labute approximate surface area is 129 Å². The van der Waals surface area contributed by atoms with Gasteiger partial charge in [-0.2, -0.15) is 0 Å². The van der Waals surface area contributed by atoms with Crippen molar-refractivity contribution in [3.63, 3.8) is 0 Å². The van der Waals surface area contributed by atoms with Crippen LogP contribution in [0, 0.1) is 5.41 Å². The van der Waals surface area contributed by atoms with E-state index in [9.17, 15) is 0 Å². The Kier molecular flexibility index (Phi) is 3.84. The van der Waals surface area contributed by atoms with Gasteiger partial charge in [0.15, 0.2) is 0 Å². The molecule has 0 saturated heterocycles. The third-order valence-corrected chi connectivity index (χ3v) is 4.34.